The van der Waals surface area contributed by atoms with Crippen LogP contribution in [-0.4, -0.2) is 147 Å². The number of hydrogen-bond donors (Lipinski definition) is 4. The first-order chi connectivity index (χ1) is 15.4. The lowest BCUT2D eigenvalue weighted by molar-refractivity contribution is -0.0232. The van der Waals surface area contributed by atoms with Gasteiger partial charge in [-0.05, 0) is 27.7 Å². The van der Waals surface area contributed by atoms with Gasteiger partial charge in [-0.15, -0.1) is 0 Å². The molecule has 0 radical (unpaired) electrons. The predicted molar refractivity (Wildman–Crippen MR) is 204 cm³/mol. The average molecular weight is 661 g/mol. The molecule has 0 aliphatic carbocycles. The molecule has 44 heavy (non-hydrogen) atoms. The first kappa shape index (κ1) is 84.5. The van der Waals surface area contributed by atoms with E-state index in [4.69, 9.17) is 39.4 Å². The van der Waals surface area contributed by atoms with Crippen LogP contribution in [0.15, 0.2) is 0 Å². The lowest BCUT2D eigenvalue weighted by Gasteiger charge is -2.33. The molecular formula is C34H96N2O8. The summed E-state index contributed by atoms with van der Waals surface area (Å²) in [7, 11) is 0. The van der Waals surface area contributed by atoms with E-state index in [0.29, 0.717) is 52.6 Å². The minimum absolute atomic E-state index is 0. The van der Waals surface area contributed by atoms with Crippen molar-refractivity contribution < 1.29 is 39.4 Å². The first-order valence-corrected chi connectivity index (χ1v) is 11.7. The fraction of sp³-hybridized carbons (Fsp3) is 1.00. The lowest BCUT2D eigenvalue weighted by Crippen LogP contribution is -2.46. The van der Waals surface area contributed by atoms with E-state index in [-0.39, 0.29) is 140 Å². The van der Waals surface area contributed by atoms with Gasteiger partial charge in [-0.1, -0.05) is 89.1 Å². The standard InChI is InChI=1S/C22H48N2O8.12CH4/c1-19(29-11-7-25)15-23(16-20(2)30-12-8-26)5-6-24(17-21(3)31-13-9-27)18-22(4)32-14-10-28;;;;;;;;;;;;/h19-22,25-28H,5-18H2,1-4H3;12*1H4. The Balaban J connectivity index is -0.0000000728. The zero-order valence-electron chi connectivity index (χ0n) is 20.5. The Hall–Kier alpha value is -0.400. The highest BCUT2D eigenvalue weighted by molar-refractivity contribution is 4.72. The number of ether oxygens (including phenoxy) is 4. The van der Waals surface area contributed by atoms with Gasteiger partial charge in [0.05, 0.1) is 77.3 Å². The van der Waals surface area contributed by atoms with Crippen LogP contribution in [-0.2, 0) is 18.9 Å². The molecular weight excluding hydrogens is 564 g/mol. The van der Waals surface area contributed by atoms with Gasteiger partial charge in [-0.25, -0.2) is 0 Å². The largest absolute Gasteiger partial charge is 0.394 e. The van der Waals surface area contributed by atoms with Gasteiger partial charge in [0, 0.05) is 39.3 Å². The van der Waals surface area contributed by atoms with Crippen molar-refractivity contribution in [2.45, 2.75) is 141 Å². The monoisotopic (exact) mass is 661 g/mol. The molecule has 0 heterocycles. The van der Waals surface area contributed by atoms with Gasteiger partial charge < -0.3 is 39.4 Å². The summed E-state index contributed by atoms with van der Waals surface area (Å²) in [5.41, 5.74) is 0. The van der Waals surface area contributed by atoms with Crippen LogP contribution >= 0.6 is 0 Å². The lowest BCUT2D eigenvalue weighted by atomic mass is 10.2. The van der Waals surface area contributed by atoms with Gasteiger partial charge in [0.1, 0.15) is 0 Å². The number of hydrogen-bond acceptors (Lipinski definition) is 10. The Morgan fingerprint density at radius 2 is 0.523 bits per heavy atom. The van der Waals surface area contributed by atoms with Crippen LogP contribution in [0.25, 0.3) is 0 Å². The summed E-state index contributed by atoms with van der Waals surface area (Å²) in [6, 6.07) is 0. The van der Waals surface area contributed by atoms with Crippen LogP contribution < -0.4 is 0 Å². The molecule has 4 atom stereocenters. The zero-order valence-corrected chi connectivity index (χ0v) is 20.5. The minimum atomic E-state index is -0.0423. The van der Waals surface area contributed by atoms with Crippen molar-refractivity contribution in [3.63, 3.8) is 0 Å². The summed E-state index contributed by atoms with van der Waals surface area (Å²) in [5, 5.41) is 36.1. The first-order valence-electron chi connectivity index (χ1n) is 11.7. The van der Waals surface area contributed by atoms with E-state index >= 15 is 0 Å². The van der Waals surface area contributed by atoms with Crippen LogP contribution in [0.2, 0.25) is 0 Å². The number of nitrogens with zero attached hydrogens (tertiary/aromatic N) is 2. The second-order valence-electron chi connectivity index (χ2n) is 8.14. The second-order valence-corrected chi connectivity index (χ2v) is 8.14. The summed E-state index contributed by atoms with van der Waals surface area (Å²) < 4.78 is 22.5. The molecule has 0 saturated carbocycles. The van der Waals surface area contributed by atoms with Crippen molar-refractivity contribution in [2.75, 3.05) is 92.1 Å². The predicted octanol–water partition coefficient (Wildman–Crippen LogP) is 6.81. The molecule has 0 aromatic heterocycles. The van der Waals surface area contributed by atoms with Gasteiger partial charge in [0.15, 0.2) is 0 Å². The molecule has 0 spiro atoms. The fourth-order valence-corrected chi connectivity index (χ4v) is 3.48. The van der Waals surface area contributed by atoms with Crippen LogP contribution in [0.5, 0.6) is 0 Å². The number of aliphatic hydroxyl groups is 4. The third kappa shape index (κ3) is 51.2. The van der Waals surface area contributed by atoms with Crippen LogP contribution in [0, 0.1) is 0 Å². The van der Waals surface area contributed by atoms with Crippen molar-refractivity contribution in [3.05, 3.63) is 0 Å². The van der Waals surface area contributed by atoms with E-state index in [9.17, 15) is 0 Å². The summed E-state index contributed by atoms with van der Waals surface area (Å²) >= 11 is 0. The topological polar surface area (TPSA) is 124 Å². The molecule has 290 valence electrons. The summed E-state index contributed by atoms with van der Waals surface area (Å²) in [6.07, 6.45) is -0.169. The normalized spacial score (nSPS) is 11.6. The zero-order chi connectivity index (χ0) is 24.2. The average Bonchev–Trinajstić information content (AvgIpc) is 2.76. The van der Waals surface area contributed by atoms with E-state index in [2.05, 4.69) is 9.80 Å². The second kappa shape index (κ2) is 58.2. The molecule has 10 heteroatoms. The fourth-order valence-electron chi connectivity index (χ4n) is 3.48. The van der Waals surface area contributed by atoms with Gasteiger partial charge in [0.2, 0.25) is 0 Å². The molecule has 0 saturated heterocycles. The Kier molecular flexibility index (Phi) is 112. The van der Waals surface area contributed by atoms with Crippen molar-refractivity contribution in [2.24, 2.45) is 0 Å². The Morgan fingerprint density at radius 3 is 0.659 bits per heavy atom. The van der Waals surface area contributed by atoms with Gasteiger partial charge in [0.25, 0.3) is 0 Å². The van der Waals surface area contributed by atoms with E-state index in [0.717, 1.165) is 13.1 Å². The summed E-state index contributed by atoms with van der Waals surface area (Å²) in [4.78, 5) is 4.52. The Bertz CT molecular complexity index is 345. The molecule has 0 aliphatic heterocycles. The maximum atomic E-state index is 9.01. The Morgan fingerprint density at radius 1 is 0.364 bits per heavy atom. The van der Waals surface area contributed by atoms with Crippen molar-refractivity contribution in [3.8, 4) is 0 Å². The van der Waals surface area contributed by atoms with Crippen molar-refractivity contribution >= 4 is 0 Å². The molecule has 0 aliphatic rings. The minimum Gasteiger partial charge on any atom is -0.394 e. The maximum absolute atomic E-state index is 9.01. The molecule has 0 fully saturated rings. The molecule has 0 aromatic carbocycles. The third-order valence-corrected chi connectivity index (χ3v) is 4.77. The van der Waals surface area contributed by atoms with Crippen LogP contribution in [0.4, 0.5) is 0 Å². The van der Waals surface area contributed by atoms with Gasteiger partial charge in [-0.3, -0.25) is 9.80 Å². The van der Waals surface area contributed by atoms with Crippen LogP contribution in [0.1, 0.15) is 117 Å². The van der Waals surface area contributed by atoms with Gasteiger partial charge >= 0.3 is 0 Å². The number of aliphatic hydroxyl groups excluding tert-OH is 4. The molecule has 0 bridgehead atoms. The summed E-state index contributed by atoms with van der Waals surface area (Å²) in [6.45, 7) is 13.4. The Labute approximate surface area is 282 Å². The highest BCUT2D eigenvalue weighted by Crippen LogP contribution is 2.06. The maximum Gasteiger partial charge on any atom is 0.0701 e. The third-order valence-electron chi connectivity index (χ3n) is 4.77. The summed E-state index contributed by atoms with van der Waals surface area (Å²) in [5.74, 6) is 0. The molecule has 0 amide bonds. The van der Waals surface area contributed by atoms with Crippen LogP contribution in [0.3, 0.4) is 0 Å². The highest BCUT2D eigenvalue weighted by Gasteiger charge is 2.19. The number of rotatable bonds is 23. The van der Waals surface area contributed by atoms with E-state index in [1.807, 2.05) is 27.7 Å². The van der Waals surface area contributed by atoms with E-state index in [1.54, 1.807) is 0 Å². The van der Waals surface area contributed by atoms with E-state index in [1.165, 1.54) is 0 Å². The molecule has 4 N–H and O–H groups in total. The highest BCUT2D eigenvalue weighted by atomic mass is 16.5. The molecule has 4 unspecified atom stereocenters. The SMILES string of the molecule is C.C.C.C.C.C.C.C.C.C.C.C.CC(CN(CCN(CC(C)OCCO)CC(C)OCCO)CC(C)OCCO)OCCO. The molecule has 0 aromatic rings. The van der Waals surface area contributed by atoms with Gasteiger partial charge in [-0.2, -0.15) is 0 Å². The molecule has 10 nitrogen and oxygen atoms in total. The smallest absolute Gasteiger partial charge is 0.0701 e. The van der Waals surface area contributed by atoms with Crippen molar-refractivity contribution in [1.82, 2.24) is 9.80 Å². The van der Waals surface area contributed by atoms with Crippen molar-refractivity contribution in [1.29, 1.82) is 0 Å². The quantitative estimate of drug-likeness (QED) is 0.0929. The van der Waals surface area contributed by atoms with E-state index < -0.39 is 0 Å². The molecule has 0 rings (SSSR count).